The van der Waals surface area contributed by atoms with Crippen LogP contribution in [0.5, 0.6) is 0 Å². The summed E-state index contributed by atoms with van der Waals surface area (Å²) in [5.41, 5.74) is -0.283. The molecular weight excluding hydrogens is 248 g/mol. The molecule has 2 rings (SSSR count). The van der Waals surface area contributed by atoms with E-state index in [-0.39, 0.29) is 54.3 Å². The number of fused-ring (bicyclic) bond motifs is 1. The zero-order chi connectivity index (χ0) is 11.7. The summed E-state index contributed by atoms with van der Waals surface area (Å²) < 4.78 is 0. The zero-order valence-corrected chi connectivity index (χ0v) is 11.0. The first-order valence-electron chi connectivity index (χ1n) is 4.55. The molecule has 0 amide bonds. The molecule has 0 N–H and O–H groups in total. The minimum atomic E-state index is -1.40. The van der Waals surface area contributed by atoms with Crippen LogP contribution >= 0.6 is 0 Å². The van der Waals surface area contributed by atoms with Crippen molar-refractivity contribution in [2.45, 2.75) is 0 Å². The largest absolute Gasteiger partial charge is 2.00 e. The molecule has 2 aromatic carbocycles. The molecule has 5 heteroatoms. The van der Waals surface area contributed by atoms with Crippen LogP contribution in [0.2, 0.25) is 0 Å². The maximum absolute atomic E-state index is 10.9. The van der Waals surface area contributed by atoms with Crippen molar-refractivity contribution in [3.05, 3.63) is 47.5 Å². The van der Waals surface area contributed by atoms with Crippen molar-refractivity contribution >= 4 is 60.4 Å². The standard InChI is InChI=1S/C12H8O4.Ca/c13-11(14)8-5-1-3-7-4-2-6-9(10(7)8)12(15)16;/h1-6H,(H,13,14)(H,15,16);/q;+2/p-2. The minimum absolute atomic E-state index is 0. The Balaban J connectivity index is 0.00000144. The van der Waals surface area contributed by atoms with Crippen LogP contribution in [0.1, 0.15) is 20.7 Å². The van der Waals surface area contributed by atoms with Gasteiger partial charge in [-0.3, -0.25) is 0 Å². The maximum atomic E-state index is 10.9. The Morgan fingerprint density at radius 1 is 0.824 bits per heavy atom. The fourth-order valence-corrected chi connectivity index (χ4v) is 1.68. The second-order valence-corrected chi connectivity index (χ2v) is 3.28. The number of carboxylic acids is 2. The molecule has 17 heavy (non-hydrogen) atoms. The Labute approximate surface area is 127 Å². The van der Waals surface area contributed by atoms with Gasteiger partial charge in [-0.05, 0) is 10.8 Å². The van der Waals surface area contributed by atoms with E-state index in [1.54, 1.807) is 12.1 Å². The molecule has 0 unspecified atom stereocenters. The van der Waals surface area contributed by atoms with Gasteiger partial charge in [0, 0.05) is 11.1 Å². The third-order valence-electron chi connectivity index (χ3n) is 2.34. The Hall–Kier alpha value is -1.10. The quantitative estimate of drug-likeness (QED) is 0.656. The van der Waals surface area contributed by atoms with Gasteiger partial charge in [0.05, 0.1) is 11.9 Å². The van der Waals surface area contributed by atoms with Gasteiger partial charge in [-0.1, -0.05) is 36.4 Å². The van der Waals surface area contributed by atoms with Crippen LogP contribution in [0.3, 0.4) is 0 Å². The maximum Gasteiger partial charge on any atom is 2.00 e. The summed E-state index contributed by atoms with van der Waals surface area (Å²) in [5.74, 6) is -2.81. The fraction of sp³-hybridized carbons (Fsp3) is 0. The first-order valence-corrected chi connectivity index (χ1v) is 4.55. The van der Waals surface area contributed by atoms with E-state index in [9.17, 15) is 19.8 Å². The second-order valence-electron chi connectivity index (χ2n) is 3.28. The molecule has 0 aliphatic rings. The van der Waals surface area contributed by atoms with Crippen LogP contribution in [-0.4, -0.2) is 49.7 Å². The molecule has 0 bridgehead atoms. The Kier molecular flexibility index (Phi) is 4.51. The van der Waals surface area contributed by atoms with E-state index in [1.807, 2.05) is 0 Å². The molecule has 0 heterocycles. The van der Waals surface area contributed by atoms with Gasteiger partial charge in [0.15, 0.2) is 0 Å². The Bertz CT molecular complexity index is 543. The summed E-state index contributed by atoms with van der Waals surface area (Å²) in [7, 11) is 0. The van der Waals surface area contributed by atoms with E-state index in [0.29, 0.717) is 5.39 Å². The van der Waals surface area contributed by atoms with Crippen LogP contribution in [0.25, 0.3) is 10.8 Å². The number of carbonyl (C=O) groups excluding carboxylic acids is 2. The van der Waals surface area contributed by atoms with E-state index >= 15 is 0 Å². The van der Waals surface area contributed by atoms with Crippen molar-refractivity contribution in [2.75, 3.05) is 0 Å². The average molecular weight is 254 g/mol. The third-order valence-corrected chi connectivity index (χ3v) is 2.34. The molecule has 0 radical (unpaired) electrons. The van der Waals surface area contributed by atoms with Crippen LogP contribution in [0.4, 0.5) is 0 Å². The van der Waals surface area contributed by atoms with E-state index in [2.05, 4.69) is 0 Å². The Morgan fingerprint density at radius 3 is 1.59 bits per heavy atom. The number of carbonyl (C=O) groups is 2. The first kappa shape index (κ1) is 14.0. The fourth-order valence-electron chi connectivity index (χ4n) is 1.68. The van der Waals surface area contributed by atoms with Crippen molar-refractivity contribution in [2.24, 2.45) is 0 Å². The van der Waals surface area contributed by atoms with Gasteiger partial charge in [-0.2, -0.15) is 0 Å². The molecule has 80 valence electrons. The topological polar surface area (TPSA) is 80.3 Å². The molecule has 0 saturated carbocycles. The molecule has 4 nitrogen and oxygen atoms in total. The smallest absolute Gasteiger partial charge is 0.545 e. The number of rotatable bonds is 2. The summed E-state index contributed by atoms with van der Waals surface area (Å²) in [4.78, 5) is 21.7. The van der Waals surface area contributed by atoms with E-state index < -0.39 is 11.9 Å². The third kappa shape index (κ3) is 2.60. The van der Waals surface area contributed by atoms with Gasteiger partial charge in [0.2, 0.25) is 0 Å². The molecule has 0 saturated heterocycles. The molecular formula is C12H6CaO4. The second kappa shape index (κ2) is 5.49. The van der Waals surface area contributed by atoms with Crippen molar-refractivity contribution < 1.29 is 19.8 Å². The van der Waals surface area contributed by atoms with Gasteiger partial charge in [0.1, 0.15) is 0 Å². The van der Waals surface area contributed by atoms with Gasteiger partial charge < -0.3 is 19.8 Å². The van der Waals surface area contributed by atoms with Gasteiger partial charge in [-0.25, -0.2) is 0 Å². The first-order chi connectivity index (χ1) is 7.61. The summed E-state index contributed by atoms with van der Waals surface area (Å²) >= 11 is 0. The van der Waals surface area contributed by atoms with Crippen LogP contribution in [0.15, 0.2) is 36.4 Å². The number of aromatic carboxylic acids is 2. The van der Waals surface area contributed by atoms with E-state index in [1.165, 1.54) is 24.3 Å². The molecule has 0 spiro atoms. The Morgan fingerprint density at radius 2 is 1.24 bits per heavy atom. The number of benzene rings is 2. The van der Waals surface area contributed by atoms with E-state index in [4.69, 9.17) is 0 Å². The SMILES string of the molecule is O=C([O-])c1cccc2cccc(C(=O)[O-])c12.[Ca+2]. The predicted molar refractivity (Wildman–Crippen MR) is 58.4 cm³/mol. The average Bonchev–Trinajstić information content (AvgIpc) is 2.27. The molecule has 0 aliphatic heterocycles. The van der Waals surface area contributed by atoms with E-state index in [0.717, 1.165) is 0 Å². The van der Waals surface area contributed by atoms with Gasteiger partial charge >= 0.3 is 37.7 Å². The summed E-state index contributed by atoms with van der Waals surface area (Å²) in [5, 5.41) is 22.4. The molecule has 0 fully saturated rings. The summed E-state index contributed by atoms with van der Waals surface area (Å²) in [6, 6.07) is 8.95. The summed E-state index contributed by atoms with van der Waals surface area (Å²) in [6.45, 7) is 0. The minimum Gasteiger partial charge on any atom is -0.545 e. The van der Waals surface area contributed by atoms with Crippen molar-refractivity contribution in [1.82, 2.24) is 0 Å². The number of hydrogen-bond acceptors (Lipinski definition) is 4. The number of carboxylic acid groups (broad SMARTS) is 2. The normalized spacial score (nSPS) is 9.65. The number of hydrogen-bond donors (Lipinski definition) is 0. The monoisotopic (exact) mass is 254 g/mol. The van der Waals surface area contributed by atoms with Crippen molar-refractivity contribution in [3.63, 3.8) is 0 Å². The van der Waals surface area contributed by atoms with Crippen LogP contribution in [0, 0.1) is 0 Å². The van der Waals surface area contributed by atoms with Crippen molar-refractivity contribution in [1.29, 1.82) is 0 Å². The predicted octanol–water partition coefficient (Wildman–Crippen LogP) is -0.814. The molecule has 2 aromatic rings. The van der Waals surface area contributed by atoms with Gasteiger partial charge in [-0.15, -0.1) is 0 Å². The molecule has 0 aromatic heterocycles. The summed E-state index contributed by atoms with van der Waals surface area (Å²) in [6.07, 6.45) is 0. The van der Waals surface area contributed by atoms with Crippen molar-refractivity contribution in [3.8, 4) is 0 Å². The molecule has 0 atom stereocenters. The zero-order valence-electron chi connectivity index (χ0n) is 8.80. The van der Waals surface area contributed by atoms with Crippen LogP contribution in [-0.2, 0) is 0 Å². The van der Waals surface area contributed by atoms with Gasteiger partial charge in [0.25, 0.3) is 0 Å². The molecule has 0 aliphatic carbocycles. The van der Waals surface area contributed by atoms with Crippen LogP contribution < -0.4 is 10.2 Å².